The van der Waals surface area contributed by atoms with Crippen LogP contribution in [0.2, 0.25) is 0 Å². The van der Waals surface area contributed by atoms with Crippen molar-refractivity contribution in [3.63, 3.8) is 0 Å². The summed E-state index contributed by atoms with van der Waals surface area (Å²) < 4.78 is 0. The first-order valence-corrected chi connectivity index (χ1v) is 9.15. The number of aromatic nitrogens is 3. The van der Waals surface area contributed by atoms with Gasteiger partial charge in [0.2, 0.25) is 0 Å². The molecular formula is C20H20N4O. The van der Waals surface area contributed by atoms with E-state index >= 15 is 0 Å². The van der Waals surface area contributed by atoms with Crippen LogP contribution in [0.5, 0.6) is 0 Å². The van der Waals surface area contributed by atoms with Crippen LogP contribution in [0.4, 0.5) is 0 Å². The second-order valence-corrected chi connectivity index (χ2v) is 8.04. The molecule has 2 bridgehead atoms. The van der Waals surface area contributed by atoms with Crippen molar-refractivity contribution in [2.24, 2.45) is 5.92 Å². The molecule has 0 unspecified atom stereocenters. The minimum absolute atomic E-state index is 0.0894. The van der Waals surface area contributed by atoms with Gasteiger partial charge in [0, 0.05) is 47.1 Å². The van der Waals surface area contributed by atoms with Gasteiger partial charge in [0.1, 0.15) is 5.69 Å². The maximum atomic E-state index is 13.0. The lowest BCUT2D eigenvalue weighted by Crippen LogP contribution is -2.56. The van der Waals surface area contributed by atoms with Crippen LogP contribution in [0, 0.1) is 5.92 Å². The van der Waals surface area contributed by atoms with Crippen LogP contribution < -0.4 is 0 Å². The molecule has 4 aliphatic rings. The number of hydrogen-bond acceptors (Lipinski definition) is 2. The highest BCUT2D eigenvalue weighted by Crippen LogP contribution is 2.65. The fourth-order valence-electron chi connectivity index (χ4n) is 5.03. The average molecular weight is 332 g/mol. The lowest BCUT2D eigenvalue weighted by molar-refractivity contribution is -0.0320. The van der Waals surface area contributed by atoms with Crippen LogP contribution in [-0.2, 0) is 18.4 Å². The third-order valence-electron chi connectivity index (χ3n) is 6.52. The zero-order chi connectivity index (χ0) is 16.6. The Balaban J connectivity index is 1.32. The third kappa shape index (κ3) is 1.78. The van der Waals surface area contributed by atoms with E-state index in [-0.39, 0.29) is 5.91 Å². The van der Waals surface area contributed by atoms with Crippen molar-refractivity contribution >= 4 is 16.8 Å². The van der Waals surface area contributed by atoms with Crippen LogP contribution in [-0.4, -0.2) is 32.5 Å². The summed E-state index contributed by atoms with van der Waals surface area (Å²) in [5.41, 5.74) is 5.80. The lowest BCUT2D eigenvalue weighted by atomic mass is 9.43. The maximum Gasteiger partial charge on any atom is 0.270 e. The number of carbonyl (C=O) groups excluding carboxylic acids is 1. The van der Waals surface area contributed by atoms with Gasteiger partial charge in [-0.2, -0.15) is 5.10 Å². The van der Waals surface area contributed by atoms with Crippen molar-refractivity contribution in [2.45, 2.75) is 37.6 Å². The van der Waals surface area contributed by atoms with E-state index < -0.39 is 0 Å². The minimum Gasteiger partial charge on any atom is -0.351 e. The van der Waals surface area contributed by atoms with Gasteiger partial charge >= 0.3 is 0 Å². The number of fused-ring (bicyclic) bond motifs is 2. The van der Waals surface area contributed by atoms with Crippen molar-refractivity contribution in [3.05, 3.63) is 53.0 Å². The SMILES string of the molecule is O=C(c1cc2ccccc2[nH]1)N1CCc2[nH]nc(C34CC(C3)C4)c2C1. The second-order valence-electron chi connectivity index (χ2n) is 8.04. The highest BCUT2D eigenvalue weighted by atomic mass is 16.2. The number of amides is 1. The molecule has 1 amide bonds. The molecule has 1 aromatic carbocycles. The number of carbonyl (C=O) groups is 1. The normalized spacial score (nSPS) is 26.9. The van der Waals surface area contributed by atoms with E-state index in [1.165, 1.54) is 36.2 Å². The summed E-state index contributed by atoms with van der Waals surface area (Å²) in [6.45, 7) is 1.43. The van der Waals surface area contributed by atoms with Crippen LogP contribution in [0.1, 0.15) is 46.7 Å². The van der Waals surface area contributed by atoms with Crippen LogP contribution in [0.25, 0.3) is 10.9 Å². The Morgan fingerprint density at radius 2 is 2.08 bits per heavy atom. The average Bonchev–Trinajstić information content (AvgIpc) is 3.15. The molecule has 126 valence electrons. The third-order valence-corrected chi connectivity index (χ3v) is 6.52. The molecule has 0 atom stereocenters. The van der Waals surface area contributed by atoms with Crippen molar-refractivity contribution < 1.29 is 4.79 Å². The fraction of sp³-hybridized carbons (Fsp3) is 0.400. The summed E-state index contributed by atoms with van der Waals surface area (Å²) in [5.74, 6) is 1.02. The van der Waals surface area contributed by atoms with E-state index in [0.29, 0.717) is 17.7 Å². The molecule has 7 rings (SSSR count). The predicted octanol–water partition coefficient (Wildman–Crippen LogP) is 3.14. The van der Waals surface area contributed by atoms with Crippen LogP contribution >= 0.6 is 0 Å². The van der Waals surface area contributed by atoms with Gasteiger partial charge in [-0.3, -0.25) is 9.89 Å². The Bertz CT molecular complexity index is 964. The molecule has 1 aliphatic heterocycles. The monoisotopic (exact) mass is 332 g/mol. The van der Waals surface area contributed by atoms with E-state index in [1.54, 1.807) is 0 Å². The quantitative estimate of drug-likeness (QED) is 0.757. The first-order chi connectivity index (χ1) is 12.2. The fourth-order valence-corrected chi connectivity index (χ4v) is 5.03. The molecule has 3 saturated carbocycles. The number of nitrogens with zero attached hydrogens (tertiary/aromatic N) is 2. The molecular weight excluding hydrogens is 312 g/mol. The smallest absolute Gasteiger partial charge is 0.270 e. The molecule has 3 fully saturated rings. The van der Waals surface area contributed by atoms with Gasteiger partial charge in [-0.1, -0.05) is 18.2 Å². The number of benzene rings is 1. The summed E-state index contributed by atoms with van der Waals surface area (Å²) in [6.07, 6.45) is 4.74. The second kappa shape index (κ2) is 4.54. The zero-order valence-electron chi connectivity index (χ0n) is 14.0. The summed E-state index contributed by atoms with van der Waals surface area (Å²) in [6, 6.07) is 10.00. The van der Waals surface area contributed by atoms with Gasteiger partial charge in [0.25, 0.3) is 5.91 Å². The largest absolute Gasteiger partial charge is 0.351 e. The van der Waals surface area contributed by atoms with E-state index in [2.05, 4.69) is 15.2 Å². The topological polar surface area (TPSA) is 64.8 Å². The van der Waals surface area contributed by atoms with E-state index in [4.69, 9.17) is 0 Å². The molecule has 0 radical (unpaired) electrons. The number of H-pyrrole nitrogens is 2. The van der Waals surface area contributed by atoms with Gasteiger partial charge in [-0.15, -0.1) is 0 Å². The summed E-state index contributed by atoms with van der Waals surface area (Å²) in [7, 11) is 0. The van der Waals surface area contributed by atoms with Gasteiger partial charge in [0.15, 0.2) is 0 Å². The molecule has 3 heterocycles. The highest BCUT2D eigenvalue weighted by Gasteiger charge is 2.59. The predicted molar refractivity (Wildman–Crippen MR) is 94.3 cm³/mol. The molecule has 2 aromatic heterocycles. The van der Waals surface area contributed by atoms with Gasteiger partial charge in [-0.05, 0) is 37.3 Å². The standard InChI is InChI=1S/C20H20N4O/c25-19(17-7-13-3-1-2-4-15(13)21-17)24-6-5-16-14(11-24)18(23-22-16)20-8-12(9-20)10-20/h1-4,7,12,21H,5-6,8-11H2,(H,22,23). The van der Waals surface area contributed by atoms with Crippen molar-refractivity contribution in [2.75, 3.05) is 6.54 Å². The first-order valence-electron chi connectivity index (χ1n) is 9.15. The molecule has 0 saturated heterocycles. The summed E-state index contributed by atoms with van der Waals surface area (Å²) in [5, 5.41) is 8.99. The van der Waals surface area contributed by atoms with E-state index in [1.807, 2.05) is 35.2 Å². The zero-order valence-corrected chi connectivity index (χ0v) is 14.0. The maximum absolute atomic E-state index is 13.0. The molecule has 25 heavy (non-hydrogen) atoms. The van der Waals surface area contributed by atoms with Gasteiger partial charge < -0.3 is 9.88 Å². The number of para-hydroxylation sites is 1. The first kappa shape index (κ1) is 13.7. The lowest BCUT2D eigenvalue weighted by Gasteiger charge is -2.61. The Morgan fingerprint density at radius 1 is 1.24 bits per heavy atom. The number of aromatic amines is 2. The van der Waals surface area contributed by atoms with Crippen LogP contribution in [0.15, 0.2) is 30.3 Å². The molecule has 0 spiro atoms. The van der Waals surface area contributed by atoms with E-state index in [0.717, 1.165) is 29.8 Å². The Hall–Kier alpha value is -2.56. The Morgan fingerprint density at radius 3 is 2.84 bits per heavy atom. The summed E-state index contributed by atoms with van der Waals surface area (Å²) in [4.78, 5) is 18.3. The van der Waals surface area contributed by atoms with Gasteiger partial charge in [-0.25, -0.2) is 0 Å². The Labute approximate surface area is 145 Å². The number of rotatable bonds is 2. The molecule has 2 N–H and O–H groups in total. The molecule has 5 heteroatoms. The van der Waals surface area contributed by atoms with Gasteiger partial charge in [0.05, 0.1) is 5.69 Å². The summed E-state index contributed by atoms with van der Waals surface area (Å²) >= 11 is 0. The molecule has 3 aromatic rings. The number of nitrogens with one attached hydrogen (secondary N) is 2. The number of hydrogen-bond donors (Lipinski definition) is 2. The van der Waals surface area contributed by atoms with E-state index in [9.17, 15) is 4.79 Å². The van der Waals surface area contributed by atoms with Crippen LogP contribution in [0.3, 0.4) is 0 Å². The van der Waals surface area contributed by atoms with Crippen molar-refractivity contribution in [1.29, 1.82) is 0 Å². The van der Waals surface area contributed by atoms with Crippen molar-refractivity contribution in [1.82, 2.24) is 20.1 Å². The minimum atomic E-state index is 0.0894. The van der Waals surface area contributed by atoms with Crippen molar-refractivity contribution in [3.8, 4) is 0 Å². The molecule has 5 nitrogen and oxygen atoms in total. The molecule has 3 aliphatic carbocycles. The Kier molecular flexibility index (Phi) is 2.49. The highest BCUT2D eigenvalue weighted by molar-refractivity contribution is 5.98.